The zero-order chi connectivity index (χ0) is 22.8. The molecule has 6 nitrogen and oxygen atoms in total. The van der Waals surface area contributed by atoms with E-state index in [4.69, 9.17) is 9.47 Å². The van der Waals surface area contributed by atoms with Gasteiger partial charge >= 0.3 is 11.9 Å². The Morgan fingerprint density at radius 1 is 0.871 bits per heavy atom. The number of ketones is 1. The summed E-state index contributed by atoms with van der Waals surface area (Å²) in [6.45, 7) is 8.94. The molecule has 0 heterocycles. The molecule has 9 atom stereocenters. The van der Waals surface area contributed by atoms with Crippen molar-refractivity contribution in [1.29, 1.82) is 0 Å². The number of Topliss-reactive ketones (excluding diaryl/α,β-unsaturated/α-hetero) is 1. The van der Waals surface area contributed by atoms with Gasteiger partial charge in [-0.05, 0) is 81.0 Å². The van der Waals surface area contributed by atoms with E-state index in [1.165, 1.54) is 13.8 Å². The maximum absolute atomic E-state index is 12.5. The average molecular weight is 435 g/mol. The van der Waals surface area contributed by atoms with Crippen LogP contribution in [0.25, 0.3) is 0 Å². The minimum atomic E-state index is -0.856. The van der Waals surface area contributed by atoms with Crippen molar-refractivity contribution in [2.45, 2.75) is 104 Å². The van der Waals surface area contributed by atoms with Crippen LogP contribution in [0.3, 0.4) is 0 Å². The molecule has 0 amide bonds. The zero-order valence-electron chi connectivity index (χ0n) is 19.6. The van der Waals surface area contributed by atoms with Gasteiger partial charge in [0.05, 0.1) is 5.60 Å². The van der Waals surface area contributed by atoms with Gasteiger partial charge in [0.1, 0.15) is 18.0 Å². The van der Waals surface area contributed by atoms with Crippen molar-refractivity contribution < 1.29 is 29.0 Å². The Morgan fingerprint density at radius 3 is 2.16 bits per heavy atom. The number of hydrogen-bond donors (Lipinski definition) is 1. The van der Waals surface area contributed by atoms with Gasteiger partial charge in [0, 0.05) is 25.7 Å². The van der Waals surface area contributed by atoms with E-state index in [0.717, 1.165) is 38.5 Å². The molecular formula is C25H38O6. The predicted molar refractivity (Wildman–Crippen MR) is 114 cm³/mol. The van der Waals surface area contributed by atoms with Gasteiger partial charge in [0.25, 0.3) is 0 Å². The summed E-state index contributed by atoms with van der Waals surface area (Å²) in [6.07, 6.45) is 5.84. The fourth-order valence-electron chi connectivity index (χ4n) is 8.49. The Morgan fingerprint density at radius 2 is 1.55 bits per heavy atom. The maximum Gasteiger partial charge on any atom is 0.302 e. The SMILES string of the molecule is CC(=O)O[C@@H]1CC[C@]2(C)[C@@H](CC[C@@H]3[C@@H]4[C@@H](OC(C)=O)C[C@@H](C(C)=O)[C@]4(C)CC[C@@]32O)C1. The van der Waals surface area contributed by atoms with Crippen LogP contribution in [0.15, 0.2) is 0 Å². The summed E-state index contributed by atoms with van der Waals surface area (Å²) in [7, 11) is 0. The number of aliphatic hydroxyl groups is 1. The lowest BCUT2D eigenvalue weighted by Crippen LogP contribution is -2.66. The van der Waals surface area contributed by atoms with Crippen LogP contribution < -0.4 is 0 Å². The van der Waals surface area contributed by atoms with Crippen LogP contribution in [0.4, 0.5) is 0 Å². The van der Waals surface area contributed by atoms with Gasteiger partial charge in [-0.2, -0.15) is 0 Å². The smallest absolute Gasteiger partial charge is 0.302 e. The lowest BCUT2D eigenvalue weighted by molar-refractivity contribution is -0.249. The second-order valence-electron chi connectivity index (χ2n) is 11.3. The molecule has 4 aliphatic carbocycles. The Labute approximate surface area is 185 Å². The van der Waals surface area contributed by atoms with E-state index < -0.39 is 5.60 Å². The summed E-state index contributed by atoms with van der Waals surface area (Å²) in [5, 5.41) is 12.3. The molecule has 0 aromatic heterocycles. The number of esters is 2. The molecule has 0 aromatic carbocycles. The second-order valence-corrected chi connectivity index (χ2v) is 11.3. The molecule has 174 valence electrons. The van der Waals surface area contributed by atoms with Gasteiger partial charge < -0.3 is 14.6 Å². The van der Waals surface area contributed by atoms with E-state index in [2.05, 4.69) is 13.8 Å². The number of carbonyl (C=O) groups is 3. The van der Waals surface area contributed by atoms with Crippen molar-refractivity contribution in [3.8, 4) is 0 Å². The van der Waals surface area contributed by atoms with E-state index in [1.807, 2.05) is 0 Å². The first kappa shape index (κ1) is 22.8. The van der Waals surface area contributed by atoms with Crippen molar-refractivity contribution in [2.24, 2.45) is 34.5 Å². The van der Waals surface area contributed by atoms with E-state index in [1.54, 1.807) is 6.92 Å². The minimum Gasteiger partial charge on any atom is -0.463 e. The normalized spacial score (nSPS) is 48.7. The molecule has 0 aromatic rings. The van der Waals surface area contributed by atoms with Crippen molar-refractivity contribution in [1.82, 2.24) is 0 Å². The molecule has 4 rings (SSSR count). The van der Waals surface area contributed by atoms with Gasteiger partial charge in [0.15, 0.2) is 0 Å². The molecule has 4 fully saturated rings. The predicted octanol–water partition coefficient (Wildman–Crippen LogP) is 3.82. The summed E-state index contributed by atoms with van der Waals surface area (Å²) in [6, 6.07) is 0. The van der Waals surface area contributed by atoms with Crippen LogP contribution in [-0.2, 0) is 23.9 Å². The zero-order valence-corrected chi connectivity index (χ0v) is 19.6. The summed E-state index contributed by atoms with van der Waals surface area (Å²) >= 11 is 0. The third-order valence-electron chi connectivity index (χ3n) is 9.91. The highest BCUT2D eigenvalue weighted by molar-refractivity contribution is 5.80. The molecule has 1 N–H and O–H groups in total. The van der Waals surface area contributed by atoms with E-state index in [-0.39, 0.29) is 58.5 Å². The van der Waals surface area contributed by atoms with Gasteiger partial charge in [-0.1, -0.05) is 13.8 Å². The van der Waals surface area contributed by atoms with E-state index in [9.17, 15) is 19.5 Å². The van der Waals surface area contributed by atoms with Crippen LogP contribution in [0.1, 0.15) is 86.0 Å². The molecule has 0 aliphatic heterocycles. The molecule has 0 radical (unpaired) electrons. The largest absolute Gasteiger partial charge is 0.463 e. The Kier molecular flexibility index (Phi) is 5.55. The molecule has 4 saturated carbocycles. The Hall–Kier alpha value is -1.43. The first-order valence-corrected chi connectivity index (χ1v) is 12.0. The summed E-state index contributed by atoms with van der Waals surface area (Å²) in [4.78, 5) is 35.9. The summed E-state index contributed by atoms with van der Waals surface area (Å²) < 4.78 is 11.3. The maximum atomic E-state index is 12.5. The van der Waals surface area contributed by atoms with Crippen molar-refractivity contribution in [3.05, 3.63) is 0 Å². The number of ether oxygens (including phenoxy) is 2. The van der Waals surface area contributed by atoms with Gasteiger partial charge in [-0.25, -0.2) is 0 Å². The van der Waals surface area contributed by atoms with E-state index in [0.29, 0.717) is 18.8 Å². The van der Waals surface area contributed by atoms with Gasteiger partial charge in [-0.15, -0.1) is 0 Å². The van der Waals surface area contributed by atoms with Crippen LogP contribution in [0.2, 0.25) is 0 Å². The lowest BCUT2D eigenvalue weighted by Gasteiger charge is -2.65. The van der Waals surface area contributed by atoms with Crippen molar-refractivity contribution in [3.63, 3.8) is 0 Å². The molecule has 31 heavy (non-hydrogen) atoms. The highest BCUT2D eigenvalue weighted by Gasteiger charge is 2.70. The van der Waals surface area contributed by atoms with Crippen LogP contribution in [0, 0.1) is 34.5 Å². The van der Waals surface area contributed by atoms with Crippen LogP contribution in [0.5, 0.6) is 0 Å². The monoisotopic (exact) mass is 434 g/mol. The molecule has 6 heteroatoms. The Bertz CT molecular complexity index is 778. The fraction of sp³-hybridized carbons (Fsp3) is 0.880. The van der Waals surface area contributed by atoms with Crippen LogP contribution in [-0.4, -0.2) is 40.6 Å². The van der Waals surface area contributed by atoms with Crippen LogP contribution >= 0.6 is 0 Å². The topological polar surface area (TPSA) is 89.9 Å². The third-order valence-corrected chi connectivity index (χ3v) is 9.91. The number of carbonyl (C=O) groups excluding carboxylic acids is 3. The highest BCUT2D eigenvalue weighted by Crippen LogP contribution is 2.69. The molecule has 0 bridgehead atoms. The minimum absolute atomic E-state index is 0.00600. The summed E-state index contributed by atoms with van der Waals surface area (Å²) in [5.41, 5.74) is -1.37. The van der Waals surface area contributed by atoms with Crippen molar-refractivity contribution >= 4 is 17.7 Å². The molecule has 0 unspecified atom stereocenters. The Balaban J connectivity index is 1.67. The molecule has 4 aliphatic rings. The van der Waals surface area contributed by atoms with Crippen molar-refractivity contribution in [2.75, 3.05) is 0 Å². The second kappa shape index (κ2) is 7.57. The lowest BCUT2D eigenvalue weighted by atomic mass is 9.42. The van der Waals surface area contributed by atoms with Gasteiger partial charge in [-0.3, -0.25) is 14.4 Å². The van der Waals surface area contributed by atoms with Gasteiger partial charge in [0.2, 0.25) is 0 Å². The standard InChI is InChI=1S/C25H38O6/c1-14(26)20-13-21(31-16(3)28)22-19-7-6-17-12-18(30-15(2)27)8-9-24(17,5)25(19,29)11-10-23(20,22)4/h17-22,29H,6-13H2,1-5H3/t17-,18+,19+,20-,21-,22+,23-,24+,25+/m0/s1. The first-order chi connectivity index (χ1) is 14.4. The quantitative estimate of drug-likeness (QED) is 0.679. The highest BCUT2D eigenvalue weighted by atomic mass is 16.5. The van der Waals surface area contributed by atoms with E-state index >= 15 is 0 Å². The average Bonchev–Trinajstić information content (AvgIpc) is 2.95. The fourth-order valence-corrected chi connectivity index (χ4v) is 8.49. The molecule has 0 spiro atoms. The first-order valence-electron chi connectivity index (χ1n) is 12.0. The number of hydrogen-bond acceptors (Lipinski definition) is 6. The number of rotatable bonds is 3. The molecule has 0 saturated heterocycles. The molecular weight excluding hydrogens is 396 g/mol. The number of fused-ring (bicyclic) bond motifs is 5. The summed E-state index contributed by atoms with van der Waals surface area (Å²) in [5.74, 6) is -0.216. The third kappa shape index (κ3) is 3.35.